The van der Waals surface area contributed by atoms with E-state index in [0.29, 0.717) is 5.88 Å². The zero-order valence-corrected chi connectivity index (χ0v) is 19.5. The molecule has 4 aromatic rings. The number of hydrogen-bond acceptors (Lipinski definition) is 2. The van der Waals surface area contributed by atoms with E-state index in [9.17, 15) is 0 Å². The highest BCUT2D eigenvalue weighted by molar-refractivity contribution is 6.30. The summed E-state index contributed by atoms with van der Waals surface area (Å²) >= 11 is 12.2. The molecule has 0 bridgehead atoms. The van der Waals surface area contributed by atoms with Crippen molar-refractivity contribution < 1.29 is 4.74 Å². The van der Waals surface area contributed by atoms with Crippen molar-refractivity contribution in [2.75, 3.05) is 13.0 Å². The maximum atomic E-state index is 6.20. The second-order valence-electron chi connectivity index (χ2n) is 7.65. The number of hydrogen-bond donors (Lipinski definition) is 0. The Morgan fingerprint density at radius 3 is 2.28 bits per heavy atom. The molecule has 162 valence electrons. The first-order chi connectivity index (χ1) is 15.7. The van der Waals surface area contributed by atoms with Crippen molar-refractivity contribution in [1.82, 2.24) is 4.98 Å². The lowest BCUT2D eigenvalue weighted by Gasteiger charge is -2.18. The summed E-state index contributed by atoms with van der Waals surface area (Å²) in [4.78, 5) is 4.75. The molecule has 0 unspecified atom stereocenters. The fraction of sp³-hybridized carbons (Fsp3) is 0.179. The molecule has 0 aliphatic heterocycles. The SMILES string of the molecule is COc1ccc(C(=C(CCCCCl)c2ccc(Cl)cc2)c2cnc3ccccc3c2)cc1. The van der Waals surface area contributed by atoms with Crippen molar-refractivity contribution in [3.63, 3.8) is 0 Å². The second kappa shape index (κ2) is 10.7. The number of halogens is 2. The molecule has 1 aromatic heterocycles. The first-order valence-electron chi connectivity index (χ1n) is 10.7. The maximum Gasteiger partial charge on any atom is 0.118 e. The zero-order chi connectivity index (χ0) is 22.3. The largest absolute Gasteiger partial charge is 0.497 e. The van der Waals surface area contributed by atoms with Crippen LogP contribution in [0, 0.1) is 0 Å². The quantitative estimate of drug-likeness (QED) is 0.149. The van der Waals surface area contributed by atoms with Crippen LogP contribution in [-0.2, 0) is 0 Å². The fourth-order valence-corrected chi connectivity index (χ4v) is 4.26. The van der Waals surface area contributed by atoms with Crippen molar-refractivity contribution in [2.45, 2.75) is 19.3 Å². The van der Waals surface area contributed by atoms with E-state index >= 15 is 0 Å². The molecule has 0 saturated carbocycles. The summed E-state index contributed by atoms with van der Waals surface area (Å²) in [6.07, 6.45) is 4.84. The molecule has 0 amide bonds. The highest BCUT2D eigenvalue weighted by Gasteiger charge is 2.15. The number of rotatable bonds is 8. The number of alkyl halides is 1. The number of ether oxygens (including phenoxy) is 1. The Balaban J connectivity index is 1.95. The number of para-hydroxylation sites is 1. The summed E-state index contributed by atoms with van der Waals surface area (Å²) in [7, 11) is 1.68. The molecule has 0 fully saturated rings. The maximum absolute atomic E-state index is 6.20. The molecule has 0 spiro atoms. The van der Waals surface area contributed by atoms with Gasteiger partial charge in [0, 0.05) is 28.0 Å². The zero-order valence-electron chi connectivity index (χ0n) is 18.0. The number of nitrogens with zero attached hydrogens (tertiary/aromatic N) is 1. The normalized spacial score (nSPS) is 12.0. The minimum atomic E-state index is 0.656. The fourth-order valence-electron chi connectivity index (χ4n) is 3.94. The van der Waals surface area contributed by atoms with Crippen LogP contribution in [0.4, 0.5) is 0 Å². The van der Waals surface area contributed by atoms with Gasteiger partial charge in [-0.1, -0.05) is 54.1 Å². The van der Waals surface area contributed by atoms with Gasteiger partial charge in [-0.15, -0.1) is 11.6 Å². The lowest BCUT2D eigenvalue weighted by atomic mass is 9.87. The van der Waals surface area contributed by atoms with E-state index in [4.69, 9.17) is 32.9 Å². The van der Waals surface area contributed by atoms with Gasteiger partial charge in [0.1, 0.15) is 5.75 Å². The molecular formula is C28H25Cl2NO. The van der Waals surface area contributed by atoms with Crippen LogP contribution < -0.4 is 4.74 Å². The number of benzene rings is 3. The van der Waals surface area contributed by atoms with E-state index in [2.05, 4.69) is 36.4 Å². The standard InChI is InChI=1S/C28H25Cl2NO/c1-32-25-15-11-21(12-16-25)28(23-18-22-6-2-3-8-27(22)31-19-23)26(7-4-5-17-29)20-9-13-24(30)14-10-20/h2-3,6,8-16,18-19H,4-5,7,17H2,1H3. The smallest absolute Gasteiger partial charge is 0.118 e. The molecular weight excluding hydrogens is 437 g/mol. The summed E-state index contributed by atoms with van der Waals surface area (Å²) in [5.41, 5.74) is 6.78. The number of allylic oxidation sites excluding steroid dienone is 1. The lowest BCUT2D eigenvalue weighted by Crippen LogP contribution is -1.98. The first kappa shape index (κ1) is 22.4. The Labute approximate surface area is 199 Å². The number of fused-ring (bicyclic) bond motifs is 1. The van der Waals surface area contributed by atoms with Gasteiger partial charge in [0.2, 0.25) is 0 Å². The number of pyridine rings is 1. The summed E-state index contributed by atoms with van der Waals surface area (Å²) in [6, 6.07) is 26.7. The average Bonchev–Trinajstić information content (AvgIpc) is 2.84. The van der Waals surface area contributed by atoms with Crippen molar-refractivity contribution in [2.24, 2.45) is 0 Å². The lowest BCUT2D eigenvalue weighted by molar-refractivity contribution is 0.415. The highest BCUT2D eigenvalue weighted by atomic mass is 35.5. The third-order valence-electron chi connectivity index (χ3n) is 5.56. The van der Waals surface area contributed by atoms with Crippen molar-refractivity contribution in [1.29, 1.82) is 0 Å². The van der Waals surface area contributed by atoms with E-state index in [1.54, 1.807) is 7.11 Å². The Kier molecular flexibility index (Phi) is 7.47. The van der Waals surface area contributed by atoms with Gasteiger partial charge in [0.05, 0.1) is 12.6 Å². The topological polar surface area (TPSA) is 22.1 Å². The third kappa shape index (κ3) is 5.15. The Hall–Kier alpha value is -2.81. The minimum Gasteiger partial charge on any atom is -0.497 e. The monoisotopic (exact) mass is 461 g/mol. The number of aromatic nitrogens is 1. The second-order valence-corrected chi connectivity index (χ2v) is 8.47. The first-order valence-corrected chi connectivity index (χ1v) is 11.7. The van der Waals surface area contributed by atoms with E-state index in [1.807, 2.05) is 48.7 Å². The summed E-state index contributed by atoms with van der Waals surface area (Å²) in [6.45, 7) is 0. The van der Waals surface area contributed by atoms with Crippen molar-refractivity contribution in [3.05, 3.63) is 107 Å². The molecule has 2 nitrogen and oxygen atoms in total. The van der Waals surface area contributed by atoms with E-state index in [0.717, 1.165) is 57.6 Å². The Morgan fingerprint density at radius 2 is 1.56 bits per heavy atom. The van der Waals surface area contributed by atoms with Crippen LogP contribution in [0.1, 0.15) is 36.0 Å². The van der Waals surface area contributed by atoms with Crippen LogP contribution >= 0.6 is 23.2 Å². The van der Waals surface area contributed by atoms with Crippen LogP contribution in [0.25, 0.3) is 22.0 Å². The molecule has 0 aliphatic carbocycles. The summed E-state index contributed by atoms with van der Waals surface area (Å²) < 4.78 is 5.39. The number of unbranched alkanes of at least 4 members (excludes halogenated alkanes) is 1. The molecule has 0 radical (unpaired) electrons. The van der Waals surface area contributed by atoms with Gasteiger partial charge in [-0.05, 0) is 77.9 Å². The molecule has 0 aliphatic rings. The highest BCUT2D eigenvalue weighted by Crippen LogP contribution is 2.37. The van der Waals surface area contributed by atoms with E-state index in [1.165, 1.54) is 11.1 Å². The van der Waals surface area contributed by atoms with Crippen LogP contribution in [-0.4, -0.2) is 18.0 Å². The van der Waals surface area contributed by atoms with Gasteiger partial charge in [0.25, 0.3) is 0 Å². The summed E-state index contributed by atoms with van der Waals surface area (Å²) in [5, 5.41) is 1.85. The molecule has 1 heterocycles. The van der Waals surface area contributed by atoms with E-state index < -0.39 is 0 Å². The van der Waals surface area contributed by atoms with Crippen LogP contribution in [0.5, 0.6) is 5.75 Å². The third-order valence-corrected chi connectivity index (χ3v) is 6.08. The molecule has 4 rings (SSSR count). The Morgan fingerprint density at radius 1 is 0.844 bits per heavy atom. The van der Waals surface area contributed by atoms with Gasteiger partial charge < -0.3 is 4.74 Å². The minimum absolute atomic E-state index is 0.656. The average molecular weight is 462 g/mol. The molecule has 4 heteroatoms. The predicted octanol–water partition coefficient (Wildman–Crippen LogP) is 8.27. The van der Waals surface area contributed by atoms with Gasteiger partial charge in [-0.3, -0.25) is 4.98 Å². The van der Waals surface area contributed by atoms with Gasteiger partial charge in [0.15, 0.2) is 0 Å². The Bertz CT molecular complexity index is 1210. The van der Waals surface area contributed by atoms with Crippen molar-refractivity contribution in [3.8, 4) is 5.75 Å². The predicted molar refractivity (Wildman–Crippen MR) is 137 cm³/mol. The molecule has 0 N–H and O–H groups in total. The molecule has 32 heavy (non-hydrogen) atoms. The van der Waals surface area contributed by atoms with Crippen LogP contribution in [0.2, 0.25) is 5.02 Å². The van der Waals surface area contributed by atoms with Gasteiger partial charge >= 0.3 is 0 Å². The van der Waals surface area contributed by atoms with Crippen LogP contribution in [0.15, 0.2) is 85.1 Å². The summed E-state index contributed by atoms with van der Waals surface area (Å²) in [5.74, 6) is 1.49. The van der Waals surface area contributed by atoms with Gasteiger partial charge in [-0.25, -0.2) is 0 Å². The molecule has 0 atom stereocenters. The number of methoxy groups -OCH3 is 1. The van der Waals surface area contributed by atoms with Crippen molar-refractivity contribution >= 4 is 45.3 Å². The molecule has 3 aromatic carbocycles. The van der Waals surface area contributed by atoms with E-state index in [-0.39, 0.29) is 0 Å². The van der Waals surface area contributed by atoms with Gasteiger partial charge in [-0.2, -0.15) is 0 Å². The molecule has 0 saturated heterocycles. The van der Waals surface area contributed by atoms with Crippen LogP contribution in [0.3, 0.4) is 0 Å².